The van der Waals surface area contributed by atoms with Crippen LogP contribution in [0.5, 0.6) is 17.2 Å². The summed E-state index contributed by atoms with van der Waals surface area (Å²) in [6, 6.07) is 4.88. The van der Waals surface area contributed by atoms with Crippen LogP contribution in [0.1, 0.15) is 11.1 Å². The Morgan fingerprint density at radius 1 is 0.931 bits per heavy atom. The van der Waals surface area contributed by atoms with E-state index in [9.17, 15) is 4.39 Å². The quantitative estimate of drug-likeness (QED) is 0.494. The maximum atomic E-state index is 14.7. The maximum absolute atomic E-state index is 14.7. The molecule has 0 aliphatic rings. The van der Waals surface area contributed by atoms with E-state index in [4.69, 9.17) is 23.7 Å². The fourth-order valence-electron chi connectivity index (χ4n) is 2.94. The average molecular weight is 404 g/mol. The lowest BCUT2D eigenvalue weighted by Crippen LogP contribution is -2.10. The summed E-state index contributed by atoms with van der Waals surface area (Å²) in [5.41, 5.74) is 2.13. The van der Waals surface area contributed by atoms with Crippen molar-refractivity contribution in [2.45, 2.75) is 6.42 Å². The van der Waals surface area contributed by atoms with E-state index >= 15 is 0 Å². The molecule has 3 rings (SSSR count). The molecule has 0 atom stereocenters. The molecule has 3 aromatic rings. The average Bonchev–Trinajstić information content (AvgIpc) is 3.14. The molecule has 0 radical (unpaired) electrons. The van der Waals surface area contributed by atoms with E-state index in [-0.39, 0.29) is 12.4 Å². The van der Waals surface area contributed by atoms with Crippen molar-refractivity contribution in [2.24, 2.45) is 0 Å². The Kier molecular flexibility index (Phi) is 7.26. The number of pyridine rings is 1. The summed E-state index contributed by atoms with van der Waals surface area (Å²) >= 11 is 0. The molecule has 0 amide bonds. The van der Waals surface area contributed by atoms with Gasteiger partial charge in [0.05, 0.1) is 40.2 Å². The van der Waals surface area contributed by atoms with Crippen LogP contribution >= 0.6 is 0 Å². The van der Waals surface area contributed by atoms with E-state index in [0.29, 0.717) is 49.1 Å². The highest BCUT2D eigenvalue weighted by Gasteiger charge is 2.15. The van der Waals surface area contributed by atoms with Crippen LogP contribution in [0.25, 0.3) is 11.0 Å². The lowest BCUT2D eigenvalue weighted by molar-refractivity contribution is 0.0539. The standard InChI is InChI=1S/C21H25FN2O5/c1-25-4-5-28-6-7-29-20-11-18(22)14(9-19(20)27-3)8-15-12-23-21-17(15)10-16(26-2)13-24-21/h9-13H,4-8H2,1-3H3,(H,23,24). The predicted octanol–water partition coefficient (Wildman–Crippen LogP) is 3.35. The first-order valence-corrected chi connectivity index (χ1v) is 9.22. The van der Waals surface area contributed by atoms with Gasteiger partial charge in [0.25, 0.3) is 0 Å². The number of ether oxygens (including phenoxy) is 5. The summed E-state index contributed by atoms with van der Waals surface area (Å²) < 4.78 is 41.2. The summed E-state index contributed by atoms with van der Waals surface area (Å²) in [6.07, 6.45) is 3.83. The molecular formula is C21H25FN2O5. The molecule has 156 valence electrons. The number of nitrogens with one attached hydrogen (secondary N) is 1. The first-order chi connectivity index (χ1) is 14.2. The van der Waals surface area contributed by atoms with Crippen LogP contribution in [0.4, 0.5) is 4.39 Å². The Balaban J connectivity index is 1.73. The van der Waals surface area contributed by atoms with Crippen molar-refractivity contribution < 1.29 is 28.1 Å². The first kappa shape index (κ1) is 20.9. The van der Waals surface area contributed by atoms with Crippen molar-refractivity contribution in [3.8, 4) is 17.2 Å². The molecule has 1 N–H and O–H groups in total. The molecule has 0 spiro atoms. The Bertz CT molecular complexity index is 944. The monoisotopic (exact) mass is 404 g/mol. The van der Waals surface area contributed by atoms with Gasteiger partial charge in [-0.2, -0.15) is 0 Å². The third kappa shape index (κ3) is 5.16. The van der Waals surface area contributed by atoms with Crippen LogP contribution in [0.3, 0.4) is 0 Å². The number of aromatic nitrogens is 2. The number of halogens is 1. The number of methoxy groups -OCH3 is 3. The Hall–Kier alpha value is -2.84. The zero-order valence-corrected chi connectivity index (χ0v) is 16.8. The van der Waals surface area contributed by atoms with Gasteiger partial charge in [-0.25, -0.2) is 9.37 Å². The molecule has 7 nitrogen and oxygen atoms in total. The molecule has 0 saturated carbocycles. The fraction of sp³-hybridized carbons (Fsp3) is 0.381. The maximum Gasteiger partial charge on any atom is 0.164 e. The number of fused-ring (bicyclic) bond motifs is 1. The zero-order chi connectivity index (χ0) is 20.6. The first-order valence-electron chi connectivity index (χ1n) is 9.22. The van der Waals surface area contributed by atoms with Crippen molar-refractivity contribution in [1.29, 1.82) is 0 Å². The van der Waals surface area contributed by atoms with Gasteiger partial charge < -0.3 is 28.7 Å². The normalized spacial score (nSPS) is 11.0. The highest BCUT2D eigenvalue weighted by molar-refractivity contribution is 5.81. The molecule has 1 aromatic carbocycles. The minimum Gasteiger partial charge on any atom is -0.495 e. The molecule has 0 fully saturated rings. The molecule has 0 aliphatic carbocycles. The molecule has 0 saturated heterocycles. The van der Waals surface area contributed by atoms with E-state index in [2.05, 4.69) is 9.97 Å². The van der Waals surface area contributed by atoms with Crippen LogP contribution in [-0.4, -0.2) is 57.7 Å². The van der Waals surface area contributed by atoms with Gasteiger partial charge in [0.1, 0.15) is 23.8 Å². The largest absolute Gasteiger partial charge is 0.495 e. The molecule has 2 aromatic heterocycles. The number of benzene rings is 1. The van der Waals surface area contributed by atoms with E-state index in [1.165, 1.54) is 13.2 Å². The second-order valence-corrected chi connectivity index (χ2v) is 6.31. The van der Waals surface area contributed by atoms with Crippen LogP contribution in [-0.2, 0) is 15.9 Å². The zero-order valence-electron chi connectivity index (χ0n) is 16.8. The number of H-pyrrole nitrogens is 1. The summed E-state index contributed by atoms with van der Waals surface area (Å²) in [4.78, 5) is 7.41. The fourth-order valence-corrected chi connectivity index (χ4v) is 2.94. The van der Waals surface area contributed by atoms with Gasteiger partial charge in [-0.15, -0.1) is 0 Å². The van der Waals surface area contributed by atoms with Gasteiger partial charge in [-0.3, -0.25) is 0 Å². The predicted molar refractivity (Wildman–Crippen MR) is 107 cm³/mol. The Labute approximate surface area is 168 Å². The third-order valence-electron chi connectivity index (χ3n) is 4.46. The molecule has 29 heavy (non-hydrogen) atoms. The van der Waals surface area contributed by atoms with Crippen molar-refractivity contribution in [3.63, 3.8) is 0 Å². The molecule has 0 bridgehead atoms. The van der Waals surface area contributed by atoms with Gasteiger partial charge in [0.15, 0.2) is 11.5 Å². The SMILES string of the molecule is COCCOCCOc1cc(F)c(Cc2c[nH]c3ncc(OC)cc23)cc1OC. The number of hydrogen-bond acceptors (Lipinski definition) is 6. The van der Waals surface area contributed by atoms with E-state index < -0.39 is 0 Å². The highest BCUT2D eigenvalue weighted by Crippen LogP contribution is 2.32. The molecule has 8 heteroatoms. The second kappa shape index (κ2) is 10.1. The van der Waals surface area contributed by atoms with Crippen LogP contribution < -0.4 is 14.2 Å². The smallest absolute Gasteiger partial charge is 0.164 e. The number of hydrogen-bond donors (Lipinski definition) is 1. The van der Waals surface area contributed by atoms with Crippen LogP contribution in [0.15, 0.2) is 30.6 Å². The third-order valence-corrected chi connectivity index (χ3v) is 4.46. The molecule has 0 aliphatic heterocycles. The molecular weight excluding hydrogens is 379 g/mol. The minimum absolute atomic E-state index is 0.284. The van der Waals surface area contributed by atoms with Crippen molar-refractivity contribution >= 4 is 11.0 Å². The summed E-state index contributed by atoms with van der Waals surface area (Å²) in [7, 11) is 4.72. The summed E-state index contributed by atoms with van der Waals surface area (Å²) in [5, 5.41) is 0.885. The van der Waals surface area contributed by atoms with Crippen molar-refractivity contribution in [2.75, 3.05) is 47.8 Å². The topological polar surface area (TPSA) is 74.8 Å². The summed E-state index contributed by atoms with van der Waals surface area (Å²) in [5.74, 6) is 1.08. The van der Waals surface area contributed by atoms with Gasteiger partial charge in [-0.05, 0) is 23.3 Å². The number of rotatable bonds is 11. The second-order valence-electron chi connectivity index (χ2n) is 6.31. The number of aromatic amines is 1. The molecule has 0 unspecified atom stereocenters. The van der Waals surface area contributed by atoms with E-state index in [1.807, 2.05) is 12.3 Å². The van der Waals surface area contributed by atoms with E-state index in [0.717, 1.165) is 16.6 Å². The van der Waals surface area contributed by atoms with Gasteiger partial charge in [-0.1, -0.05) is 0 Å². The van der Waals surface area contributed by atoms with Gasteiger partial charge in [0.2, 0.25) is 0 Å². The highest BCUT2D eigenvalue weighted by atomic mass is 19.1. The number of nitrogens with zero attached hydrogens (tertiary/aromatic N) is 1. The van der Waals surface area contributed by atoms with Crippen molar-refractivity contribution in [1.82, 2.24) is 9.97 Å². The van der Waals surface area contributed by atoms with Crippen molar-refractivity contribution in [3.05, 3.63) is 47.5 Å². The minimum atomic E-state index is -0.369. The summed E-state index contributed by atoms with van der Waals surface area (Å²) in [6.45, 7) is 1.66. The lowest BCUT2D eigenvalue weighted by atomic mass is 10.0. The molecule has 2 heterocycles. The van der Waals surface area contributed by atoms with Crippen LogP contribution in [0, 0.1) is 5.82 Å². The Morgan fingerprint density at radius 3 is 2.52 bits per heavy atom. The van der Waals surface area contributed by atoms with E-state index in [1.54, 1.807) is 26.5 Å². The van der Waals surface area contributed by atoms with Crippen LogP contribution in [0.2, 0.25) is 0 Å². The van der Waals surface area contributed by atoms with Gasteiger partial charge >= 0.3 is 0 Å². The lowest BCUT2D eigenvalue weighted by Gasteiger charge is -2.13. The Morgan fingerprint density at radius 2 is 1.76 bits per heavy atom. The van der Waals surface area contributed by atoms with Gasteiger partial charge in [0, 0.05) is 31.2 Å².